The molecule has 5 rings (SSSR count). The summed E-state index contributed by atoms with van der Waals surface area (Å²) in [6.45, 7) is 2.20. The van der Waals surface area contributed by atoms with Gasteiger partial charge in [-0.1, -0.05) is 42.5 Å². The van der Waals surface area contributed by atoms with E-state index >= 15 is 0 Å². The van der Waals surface area contributed by atoms with Crippen molar-refractivity contribution in [3.8, 4) is 5.69 Å². The molecule has 0 radical (unpaired) electrons. The Bertz CT molecular complexity index is 841. The largest absolute Gasteiger partial charge is 0.292 e. The van der Waals surface area contributed by atoms with E-state index in [1.165, 1.54) is 28.8 Å². The van der Waals surface area contributed by atoms with Gasteiger partial charge in [-0.15, -0.1) is 0 Å². The molecule has 0 N–H and O–H groups in total. The number of benzene rings is 2. The van der Waals surface area contributed by atoms with Crippen LogP contribution in [0.25, 0.3) is 5.69 Å². The summed E-state index contributed by atoms with van der Waals surface area (Å²) in [4.78, 5) is 2.65. The van der Waals surface area contributed by atoms with Crippen molar-refractivity contribution in [1.29, 1.82) is 0 Å². The molecule has 0 saturated heterocycles. The maximum atomic E-state index is 4.82. The third-order valence-corrected chi connectivity index (χ3v) is 5.45. The lowest BCUT2D eigenvalue weighted by Crippen LogP contribution is -2.35. The van der Waals surface area contributed by atoms with E-state index in [2.05, 4.69) is 59.6 Å². The molecule has 1 aromatic heterocycles. The van der Waals surface area contributed by atoms with E-state index in [0.29, 0.717) is 6.04 Å². The zero-order chi connectivity index (χ0) is 15.9. The SMILES string of the molecule is c1ccc(-n2cc3c(n2)CCC(N2Cc4ccccc4C2)C3)cc1. The van der Waals surface area contributed by atoms with Gasteiger partial charge >= 0.3 is 0 Å². The van der Waals surface area contributed by atoms with Crippen LogP contribution in [0, 0.1) is 0 Å². The van der Waals surface area contributed by atoms with Gasteiger partial charge in [-0.25, -0.2) is 4.68 Å². The molecule has 0 fully saturated rings. The zero-order valence-electron chi connectivity index (χ0n) is 13.7. The van der Waals surface area contributed by atoms with Crippen LogP contribution in [0.4, 0.5) is 0 Å². The summed E-state index contributed by atoms with van der Waals surface area (Å²) < 4.78 is 2.05. The number of aromatic nitrogens is 2. The zero-order valence-corrected chi connectivity index (χ0v) is 13.7. The van der Waals surface area contributed by atoms with E-state index in [4.69, 9.17) is 5.10 Å². The van der Waals surface area contributed by atoms with E-state index in [0.717, 1.165) is 31.6 Å². The first-order chi connectivity index (χ1) is 11.9. The highest BCUT2D eigenvalue weighted by atomic mass is 15.3. The molecule has 0 amide bonds. The summed E-state index contributed by atoms with van der Waals surface area (Å²) in [5, 5.41) is 4.82. The molecule has 3 heteroatoms. The Morgan fingerprint density at radius 3 is 2.29 bits per heavy atom. The highest BCUT2D eigenvalue weighted by Gasteiger charge is 2.30. The van der Waals surface area contributed by atoms with E-state index in [1.54, 1.807) is 0 Å². The van der Waals surface area contributed by atoms with Crippen LogP contribution in [0.3, 0.4) is 0 Å². The smallest absolute Gasteiger partial charge is 0.0662 e. The van der Waals surface area contributed by atoms with Crippen molar-refractivity contribution in [3.05, 3.63) is 83.2 Å². The summed E-state index contributed by atoms with van der Waals surface area (Å²) in [5.74, 6) is 0. The van der Waals surface area contributed by atoms with E-state index in [9.17, 15) is 0 Å². The second-order valence-corrected chi connectivity index (χ2v) is 6.95. The normalized spacial score (nSPS) is 19.9. The third kappa shape index (κ3) is 2.36. The first-order valence-electron chi connectivity index (χ1n) is 8.80. The van der Waals surface area contributed by atoms with E-state index in [1.807, 2.05) is 10.7 Å². The molecular weight excluding hydrogens is 294 g/mol. The number of para-hydroxylation sites is 1. The van der Waals surface area contributed by atoms with Crippen LogP contribution in [0.5, 0.6) is 0 Å². The van der Waals surface area contributed by atoms with Gasteiger partial charge < -0.3 is 0 Å². The minimum atomic E-state index is 0.637. The van der Waals surface area contributed by atoms with Crippen LogP contribution >= 0.6 is 0 Å². The summed E-state index contributed by atoms with van der Waals surface area (Å²) in [6.07, 6.45) is 5.66. The molecule has 2 aliphatic rings. The van der Waals surface area contributed by atoms with Gasteiger partial charge in [0, 0.05) is 25.3 Å². The molecule has 2 aromatic carbocycles. The second kappa shape index (κ2) is 5.60. The van der Waals surface area contributed by atoms with Gasteiger partial charge in [0.05, 0.1) is 11.4 Å². The fourth-order valence-corrected chi connectivity index (χ4v) is 4.13. The molecule has 1 unspecified atom stereocenters. The van der Waals surface area contributed by atoms with Crippen molar-refractivity contribution < 1.29 is 0 Å². The Kier molecular flexibility index (Phi) is 3.27. The average Bonchev–Trinajstić information content (AvgIpc) is 3.25. The topological polar surface area (TPSA) is 21.1 Å². The lowest BCUT2D eigenvalue weighted by molar-refractivity contribution is 0.181. The van der Waals surface area contributed by atoms with Crippen LogP contribution in [-0.2, 0) is 25.9 Å². The van der Waals surface area contributed by atoms with Crippen LogP contribution in [0.2, 0.25) is 0 Å². The van der Waals surface area contributed by atoms with Crippen molar-refractivity contribution in [3.63, 3.8) is 0 Å². The van der Waals surface area contributed by atoms with Gasteiger partial charge in [0.15, 0.2) is 0 Å². The molecule has 120 valence electrons. The lowest BCUT2D eigenvalue weighted by Gasteiger charge is -2.30. The van der Waals surface area contributed by atoms with Crippen molar-refractivity contribution in [2.45, 2.75) is 38.4 Å². The first-order valence-corrected chi connectivity index (χ1v) is 8.80. The van der Waals surface area contributed by atoms with Gasteiger partial charge in [-0.05, 0) is 48.1 Å². The molecule has 3 aromatic rings. The molecule has 0 spiro atoms. The molecular formula is C21H21N3. The number of rotatable bonds is 2. The Balaban J connectivity index is 1.37. The second-order valence-electron chi connectivity index (χ2n) is 6.95. The third-order valence-electron chi connectivity index (χ3n) is 5.45. The minimum Gasteiger partial charge on any atom is -0.292 e. The number of nitrogens with zero attached hydrogens (tertiary/aromatic N) is 3. The summed E-state index contributed by atoms with van der Waals surface area (Å²) in [6, 6.07) is 19.9. The standard InChI is InChI=1S/C21H21N3/c1-2-8-19(9-3-1)24-15-18-12-20(10-11-21(18)22-24)23-13-16-6-4-5-7-17(16)14-23/h1-9,15,20H,10-14H2. The van der Waals surface area contributed by atoms with Gasteiger partial charge in [0.25, 0.3) is 0 Å². The first kappa shape index (κ1) is 14.0. The maximum Gasteiger partial charge on any atom is 0.0662 e. The average molecular weight is 315 g/mol. The molecule has 1 atom stereocenters. The van der Waals surface area contributed by atoms with Crippen molar-refractivity contribution >= 4 is 0 Å². The Morgan fingerprint density at radius 2 is 1.54 bits per heavy atom. The molecule has 2 heterocycles. The van der Waals surface area contributed by atoms with Crippen molar-refractivity contribution in [2.24, 2.45) is 0 Å². The van der Waals surface area contributed by atoms with Crippen molar-refractivity contribution in [1.82, 2.24) is 14.7 Å². The predicted molar refractivity (Wildman–Crippen MR) is 95.1 cm³/mol. The molecule has 0 saturated carbocycles. The Morgan fingerprint density at radius 1 is 0.833 bits per heavy atom. The van der Waals surface area contributed by atoms with Gasteiger partial charge in [0.2, 0.25) is 0 Å². The monoisotopic (exact) mass is 315 g/mol. The van der Waals surface area contributed by atoms with Crippen LogP contribution < -0.4 is 0 Å². The van der Waals surface area contributed by atoms with Crippen LogP contribution in [0.15, 0.2) is 60.8 Å². The fourth-order valence-electron chi connectivity index (χ4n) is 4.13. The molecule has 0 bridgehead atoms. The molecule has 1 aliphatic carbocycles. The summed E-state index contributed by atoms with van der Waals surface area (Å²) in [5.41, 5.74) is 6.86. The van der Waals surface area contributed by atoms with E-state index in [-0.39, 0.29) is 0 Å². The van der Waals surface area contributed by atoms with Gasteiger partial charge in [0.1, 0.15) is 0 Å². The predicted octanol–water partition coefficient (Wildman–Crippen LogP) is 3.75. The number of fused-ring (bicyclic) bond motifs is 2. The van der Waals surface area contributed by atoms with Gasteiger partial charge in [-0.2, -0.15) is 5.10 Å². The van der Waals surface area contributed by atoms with Crippen LogP contribution in [-0.4, -0.2) is 20.7 Å². The molecule has 3 nitrogen and oxygen atoms in total. The quantitative estimate of drug-likeness (QED) is 0.718. The Labute approximate surface area is 142 Å². The van der Waals surface area contributed by atoms with Gasteiger partial charge in [-0.3, -0.25) is 4.90 Å². The van der Waals surface area contributed by atoms with E-state index < -0.39 is 0 Å². The number of hydrogen-bond acceptors (Lipinski definition) is 2. The summed E-state index contributed by atoms with van der Waals surface area (Å²) >= 11 is 0. The molecule has 1 aliphatic heterocycles. The minimum absolute atomic E-state index is 0.637. The molecule has 24 heavy (non-hydrogen) atoms. The Hall–Kier alpha value is -2.39. The number of hydrogen-bond donors (Lipinski definition) is 0. The maximum absolute atomic E-state index is 4.82. The van der Waals surface area contributed by atoms with Crippen LogP contribution in [0.1, 0.15) is 28.8 Å². The van der Waals surface area contributed by atoms with Crippen molar-refractivity contribution in [2.75, 3.05) is 0 Å². The fraction of sp³-hybridized carbons (Fsp3) is 0.286. The number of aryl methyl sites for hydroxylation is 1. The lowest BCUT2D eigenvalue weighted by atomic mass is 9.92. The summed E-state index contributed by atoms with van der Waals surface area (Å²) in [7, 11) is 0. The highest BCUT2D eigenvalue weighted by molar-refractivity contribution is 5.35. The highest BCUT2D eigenvalue weighted by Crippen LogP contribution is 2.31.